The van der Waals surface area contributed by atoms with Crippen LogP contribution in [0.2, 0.25) is 10.0 Å². The molecule has 3 atom stereocenters. The first-order valence-electron chi connectivity index (χ1n) is 6.83. The second-order valence-electron chi connectivity index (χ2n) is 5.24. The average Bonchev–Trinajstić information content (AvgIpc) is 3.08. The van der Waals surface area contributed by atoms with Crippen LogP contribution < -0.4 is 0 Å². The Morgan fingerprint density at radius 3 is 2.71 bits per heavy atom. The van der Waals surface area contributed by atoms with Gasteiger partial charge in [0.2, 0.25) is 6.10 Å². The molecule has 1 aromatic carbocycles. The number of ether oxygens (including phenoxy) is 2. The number of halogens is 2. The third-order valence-electron chi connectivity index (χ3n) is 3.94. The summed E-state index contributed by atoms with van der Waals surface area (Å²) in [6.45, 7) is 0. The van der Waals surface area contributed by atoms with E-state index >= 15 is 0 Å². The molecule has 7 nitrogen and oxygen atoms in total. The molecule has 1 spiro atoms. The molecule has 2 aliphatic rings. The minimum absolute atomic E-state index is 0.121. The van der Waals surface area contributed by atoms with Gasteiger partial charge >= 0.3 is 11.9 Å². The lowest BCUT2D eigenvalue weighted by Crippen LogP contribution is -2.43. The fraction of sp³-hybridized carbons (Fsp3) is 0.333. The molecule has 0 amide bonds. The van der Waals surface area contributed by atoms with E-state index in [0.29, 0.717) is 5.56 Å². The van der Waals surface area contributed by atoms with Gasteiger partial charge in [-0.25, -0.2) is 9.59 Å². The van der Waals surface area contributed by atoms with Gasteiger partial charge < -0.3 is 14.3 Å². The van der Waals surface area contributed by atoms with E-state index in [4.69, 9.17) is 32.8 Å². The van der Waals surface area contributed by atoms with Gasteiger partial charge in [-0.3, -0.25) is 0 Å². The van der Waals surface area contributed by atoms with Crippen molar-refractivity contribution in [2.75, 3.05) is 7.11 Å². The number of methoxy groups -OCH3 is 1. The van der Waals surface area contributed by atoms with Crippen molar-refractivity contribution in [2.24, 2.45) is 11.1 Å². The van der Waals surface area contributed by atoms with Crippen molar-refractivity contribution in [3.8, 4) is 6.07 Å². The molecule has 24 heavy (non-hydrogen) atoms. The Kier molecular flexibility index (Phi) is 4.11. The topological polar surface area (TPSA) is 98.0 Å². The molecule has 0 aromatic heterocycles. The molecule has 9 heteroatoms. The van der Waals surface area contributed by atoms with E-state index in [0.717, 1.165) is 0 Å². The maximum atomic E-state index is 12.3. The Bertz CT molecular complexity index is 783. The van der Waals surface area contributed by atoms with E-state index in [-0.39, 0.29) is 22.2 Å². The normalized spacial score (nSPS) is 28.1. The van der Waals surface area contributed by atoms with Crippen molar-refractivity contribution in [2.45, 2.75) is 18.1 Å². The Hall–Kier alpha value is -2.30. The van der Waals surface area contributed by atoms with E-state index in [1.165, 1.54) is 7.11 Å². The molecule has 0 unspecified atom stereocenters. The fourth-order valence-corrected chi connectivity index (χ4v) is 3.35. The van der Waals surface area contributed by atoms with Crippen LogP contribution in [-0.4, -0.2) is 36.5 Å². The van der Waals surface area contributed by atoms with Crippen LogP contribution in [0, 0.1) is 17.2 Å². The lowest BCUT2D eigenvalue weighted by molar-refractivity contribution is -0.165. The number of benzene rings is 1. The lowest BCUT2D eigenvalue weighted by atomic mass is 9.81. The van der Waals surface area contributed by atoms with Gasteiger partial charge in [0.1, 0.15) is 11.6 Å². The van der Waals surface area contributed by atoms with Crippen LogP contribution in [0.5, 0.6) is 0 Å². The molecule has 124 valence electrons. The van der Waals surface area contributed by atoms with Gasteiger partial charge in [0, 0.05) is 5.56 Å². The highest BCUT2D eigenvalue weighted by Gasteiger charge is 2.64. The number of esters is 2. The zero-order chi connectivity index (χ0) is 17.5. The maximum absolute atomic E-state index is 12.3. The van der Waals surface area contributed by atoms with Gasteiger partial charge in [0.05, 0.1) is 29.6 Å². The predicted octanol–water partition coefficient (Wildman–Crippen LogP) is 2.09. The van der Waals surface area contributed by atoms with E-state index in [9.17, 15) is 14.9 Å². The minimum atomic E-state index is -1.72. The van der Waals surface area contributed by atoms with Crippen LogP contribution in [0.3, 0.4) is 0 Å². The molecular formula is C15H10Cl2N2O5. The number of cyclic esters (lactones) is 1. The summed E-state index contributed by atoms with van der Waals surface area (Å²) in [6, 6.07) is 6.78. The third kappa shape index (κ3) is 2.30. The molecule has 1 fully saturated rings. The van der Waals surface area contributed by atoms with Gasteiger partial charge in [-0.1, -0.05) is 34.4 Å². The monoisotopic (exact) mass is 368 g/mol. The quantitative estimate of drug-likeness (QED) is 0.741. The first kappa shape index (κ1) is 16.6. The zero-order valence-corrected chi connectivity index (χ0v) is 13.8. The van der Waals surface area contributed by atoms with Gasteiger partial charge in [-0.15, -0.1) is 0 Å². The number of rotatable bonds is 2. The van der Waals surface area contributed by atoms with Crippen molar-refractivity contribution in [1.29, 1.82) is 5.26 Å². The van der Waals surface area contributed by atoms with Crippen molar-refractivity contribution < 1.29 is 23.9 Å². The Morgan fingerprint density at radius 1 is 1.46 bits per heavy atom. The Balaban J connectivity index is 2.00. The molecule has 0 radical (unpaired) electrons. The zero-order valence-electron chi connectivity index (χ0n) is 12.3. The van der Waals surface area contributed by atoms with E-state index in [2.05, 4.69) is 9.89 Å². The third-order valence-corrected chi connectivity index (χ3v) is 4.57. The fourth-order valence-electron chi connectivity index (χ4n) is 2.76. The minimum Gasteiger partial charge on any atom is -0.466 e. The highest BCUT2D eigenvalue weighted by Crippen LogP contribution is 2.44. The summed E-state index contributed by atoms with van der Waals surface area (Å²) in [4.78, 5) is 29.2. The summed E-state index contributed by atoms with van der Waals surface area (Å²) in [5.41, 5.74) is -1.29. The number of oxime groups is 1. The summed E-state index contributed by atoms with van der Waals surface area (Å²) in [5.74, 6) is -2.71. The number of hydrogen-bond donors (Lipinski definition) is 0. The molecule has 0 saturated carbocycles. The van der Waals surface area contributed by atoms with Gasteiger partial charge in [-0.05, 0) is 12.1 Å². The van der Waals surface area contributed by atoms with Gasteiger partial charge in [0.15, 0.2) is 0 Å². The van der Waals surface area contributed by atoms with E-state index in [1.807, 2.05) is 6.07 Å². The number of carbonyl (C=O) groups excluding carboxylic acids is 2. The Labute approximate surface area is 146 Å². The smallest absolute Gasteiger partial charge is 0.356 e. The summed E-state index contributed by atoms with van der Waals surface area (Å²) < 4.78 is 9.57. The Morgan fingerprint density at radius 2 is 2.12 bits per heavy atom. The molecule has 1 saturated heterocycles. The summed E-state index contributed by atoms with van der Waals surface area (Å²) in [6.07, 6.45) is -1.35. The average molecular weight is 369 g/mol. The molecule has 0 bridgehead atoms. The first-order valence-corrected chi connectivity index (χ1v) is 7.59. The first-order chi connectivity index (χ1) is 11.4. The van der Waals surface area contributed by atoms with Crippen molar-refractivity contribution >= 4 is 40.9 Å². The molecular weight excluding hydrogens is 359 g/mol. The van der Waals surface area contributed by atoms with E-state index < -0.39 is 29.6 Å². The van der Waals surface area contributed by atoms with Gasteiger partial charge in [-0.2, -0.15) is 5.26 Å². The largest absolute Gasteiger partial charge is 0.466 e. The van der Waals surface area contributed by atoms with Gasteiger partial charge in [0.25, 0.3) is 5.60 Å². The standard InChI is InChI=1S/C15H10Cl2N2O5/c1-22-13(20)10-5-15(14(21)23-10)7(6-18)12(19-24-15)11-8(16)3-2-4-9(11)17/h2-4,7,10H,5H2,1H3/t7-,10-,15+/m0/s1. The maximum Gasteiger partial charge on any atom is 0.356 e. The SMILES string of the molecule is COC(=O)[C@@H]1C[C@]2(ON=C(c3c(Cl)cccc3Cl)[C@@H]2C#N)C(=O)O1. The summed E-state index contributed by atoms with van der Waals surface area (Å²) >= 11 is 12.3. The predicted molar refractivity (Wildman–Crippen MR) is 82.4 cm³/mol. The van der Waals surface area contributed by atoms with Crippen LogP contribution in [0.25, 0.3) is 0 Å². The summed E-state index contributed by atoms with van der Waals surface area (Å²) in [5, 5.41) is 14.0. The van der Waals surface area contributed by atoms with Crippen LogP contribution >= 0.6 is 23.2 Å². The number of carbonyl (C=O) groups is 2. The molecule has 1 aromatic rings. The van der Waals surface area contributed by atoms with Crippen molar-refractivity contribution in [3.63, 3.8) is 0 Å². The van der Waals surface area contributed by atoms with Crippen molar-refractivity contribution in [1.82, 2.24) is 0 Å². The number of hydrogen-bond acceptors (Lipinski definition) is 7. The lowest BCUT2D eigenvalue weighted by Gasteiger charge is -2.19. The van der Waals surface area contributed by atoms with Crippen LogP contribution in [0.1, 0.15) is 12.0 Å². The molecule has 0 N–H and O–H groups in total. The molecule has 0 aliphatic carbocycles. The number of nitriles is 1. The summed E-state index contributed by atoms with van der Waals surface area (Å²) in [7, 11) is 1.17. The highest BCUT2D eigenvalue weighted by molar-refractivity contribution is 6.40. The van der Waals surface area contributed by atoms with E-state index in [1.54, 1.807) is 18.2 Å². The van der Waals surface area contributed by atoms with Crippen LogP contribution in [0.4, 0.5) is 0 Å². The molecule has 3 rings (SSSR count). The second-order valence-corrected chi connectivity index (χ2v) is 6.05. The molecule has 2 aliphatic heterocycles. The number of nitrogens with zero attached hydrogens (tertiary/aromatic N) is 2. The highest BCUT2D eigenvalue weighted by atomic mass is 35.5. The molecule has 2 heterocycles. The second kappa shape index (κ2) is 5.96. The van der Waals surface area contributed by atoms with Crippen LogP contribution in [0.15, 0.2) is 23.4 Å². The van der Waals surface area contributed by atoms with Crippen LogP contribution in [-0.2, 0) is 23.9 Å². The van der Waals surface area contributed by atoms with Crippen molar-refractivity contribution in [3.05, 3.63) is 33.8 Å².